The number of carbonyl (C=O) groups excluding carboxylic acids is 1. The summed E-state index contributed by atoms with van der Waals surface area (Å²) in [7, 11) is 0. The van der Waals surface area contributed by atoms with Crippen LogP contribution in [0.15, 0.2) is 85.5 Å². The summed E-state index contributed by atoms with van der Waals surface area (Å²) in [5.41, 5.74) is 20.9. The van der Waals surface area contributed by atoms with Gasteiger partial charge in [-0.3, -0.25) is 9.69 Å². The van der Waals surface area contributed by atoms with Gasteiger partial charge >= 0.3 is 0 Å². The lowest BCUT2D eigenvalue weighted by Crippen LogP contribution is -2.43. The van der Waals surface area contributed by atoms with Crippen LogP contribution in [-0.4, -0.2) is 104 Å². The number of likely N-dealkylation sites (tertiary alicyclic amines) is 1. The SMILES string of the molecule is CC(=O)N1CCC(NCc2cccc(-c3ccc4ncnc(N)c4n3)c2)CC1.Cl.Cl.Nc1ncnc2ccc(-c3cccc(CNCCN4CCOCC4)c3)nc12. The van der Waals surface area contributed by atoms with E-state index in [4.69, 9.17) is 16.2 Å². The molecule has 0 unspecified atom stereocenters. The Bertz CT molecular complexity index is 2230. The van der Waals surface area contributed by atoms with Crippen molar-refractivity contribution in [3.05, 3.63) is 96.6 Å². The van der Waals surface area contributed by atoms with Crippen LogP contribution < -0.4 is 22.1 Å². The summed E-state index contributed by atoms with van der Waals surface area (Å²) in [6.07, 6.45) is 4.89. The number of fused-ring (bicyclic) bond motifs is 2. The molecule has 1 amide bonds. The summed E-state index contributed by atoms with van der Waals surface area (Å²) in [6.45, 7) is 10.7. The number of nitrogens with two attached hydrogens (primary N) is 2. The molecular formula is C41H50Cl2N12O2. The van der Waals surface area contributed by atoms with Crippen LogP contribution in [0, 0.1) is 0 Å². The Hall–Kier alpha value is -5.09. The summed E-state index contributed by atoms with van der Waals surface area (Å²) in [5.74, 6) is 0.962. The molecule has 2 aliphatic heterocycles. The van der Waals surface area contributed by atoms with Crippen LogP contribution in [0.2, 0.25) is 0 Å². The van der Waals surface area contributed by atoms with Gasteiger partial charge in [0.05, 0.1) is 35.6 Å². The molecule has 0 spiro atoms. The number of nitrogens with zero attached hydrogens (tertiary/aromatic N) is 8. The number of aromatic nitrogens is 6. The van der Waals surface area contributed by atoms with Crippen molar-refractivity contribution in [1.29, 1.82) is 0 Å². The minimum atomic E-state index is 0. The van der Waals surface area contributed by atoms with E-state index >= 15 is 0 Å². The van der Waals surface area contributed by atoms with Crippen molar-refractivity contribution in [1.82, 2.24) is 50.3 Å². The summed E-state index contributed by atoms with van der Waals surface area (Å²) in [4.78, 5) is 41.6. The third-order valence-corrected chi connectivity index (χ3v) is 10.0. The maximum Gasteiger partial charge on any atom is 0.219 e. The fourth-order valence-electron chi connectivity index (χ4n) is 6.88. The van der Waals surface area contributed by atoms with Crippen LogP contribution in [0.3, 0.4) is 0 Å². The Morgan fingerprint density at radius 2 is 1.28 bits per heavy atom. The molecule has 0 bridgehead atoms. The molecule has 14 nitrogen and oxygen atoms in total. The first kappa shape index (κ1) is 43.0. The highest BCUT2D eigenvalue weighted by Gasteiger charge is 2.20. The van der Waals surface area contributed by atoms with E-state index < -0.39 is 0 Å². The third-order valence-electron chi connectivity index (χ3n) is 10.0. The minimum Gasteiger partial charge on any atom is -0.382 e. The van der Waals surface area contributed by atoms with Gasteiger partial charge in [-0.2, -0.15) is 0 Å². The topological polar surface area (TPSA) is 186 Å². The minimum absolute atomic E-state index is 0. The fourth-order valence-corrected chi connectivity index (χ4v) is 6.88. The zero-order valence-corrected chi connectivity index (χ0v) is 33.6. The molecule has 0 atom stereocenters. The maximum atomic E-state index is 11.4. The molecule has 0 aliphatic carbocycles. The number of rotatable bonds is 10. The standard InChI is InChI=1S/C21H24N6O.C20H24N6O.2ClH/c1-14(28)27-9-7-17(8-10-27)23-12-15-3-2-4-16(11-15)18-5-6-19-20(26-18)21(22)25-13-24-19;21-20-19-18(23-14-24-20)5-4-17(25-19)16-3-1-2-15(12-16)13-22-6-7-26-8-10-27-11-9-26;;/h2-6,11,13,17,23H,7-10,12H2,1H3,(H2,22,24,25);1-5,12,14,22H,6-11,13H2,(H2,21,23,24);2*1H. The van der Waals surface area contributed by atoms with E-state index in [-0.39, 0.29) is 30.7 Å². The van der Waals surface area contributed by atoms with Crippen LogP contribution in [0.1, 0.15) is 30.9 Å². The molecule has 0 saturated carbocycles. The number of nitrogen functional groups attached to an aromatic ring is 2. The molecule has 6 heterocycles. The lowest BCUT2D eigenvalue weighted by molar-refractivity contribution is -0.129. The normalized spacial score (nSPS) is 14.6. The van der Waals surface area contributed by atoms with Gasteiger partial charge in [0.25, 0.3) is 0 Å². The molecule has 2 saturated heterocycles. The van der Waals surface area contributed by atoms with Gasteiger partial charge in [0, 0.05) is 76.5 Å². The number of nitrogens with one attached hydrogen (secondary N) is 2. The number of amides is 1. The number of morpholine rings is 1. The van der Waals surface area contributed by atoms with Gasteiger partial charge in [0.2, 0.25) is 5.91 Å². The molecule has 2 aliphatic rings. The molecule has 8 rings (SSSR count). The van der Waals surface area contributed by atoms with Crippen LogP contribution in [0.5, 0.6) is 0 Å². The quantitative estimate of drug-likeness (QED) is 0.137. The van der Waals surface area contributed by atoms with Gasteiger partial charge in [0.15, 0.2) is 11.6 Å². The van der Waals surface area contributed by atoms with Gasteiger partial charge < -0.3 is 31.7 Å². The number of hydrogen-bond acceptors (Lipinski definition) is 13. The number of pyridine rings is 2. The summed E-state index contributed by atoms with van der Waals surface area (Å²) in [5, 5.41) is 7.14. The summed E-state index contributed by atoms with van der Waals surface area (Å²) in [6, 6.07) is 25.0. The highest BCUT2D eigenvalue weighted by Crippen LogP contribution is 2.24. The lowest BCUT2D eigenvalue weighted by atomic mass is 10.0. The van der Waals surface area contributed by atoms with Gasteiger partial charge in [-0.25, -0.2) is 29.9 Å². The Kier molecular flexibility index (Phi) is 15.8. The van der Waals surface area contributed by atoms with E-state index in [9.17, 15) is 4.79 Å². The number of ether oxygens (including phenoxy) is 1. The average molecular weight is 814 g/mol. The van der Waals surface area contributed by atoms with E-state index in [2.05, 4.69) is 81.8 Å². The second-order valence-electron chi connectivity index (χ2n) is 13.8. The monoisotopic (exact) mass is 812 g/mol. The first-order valence-corrected chi connectivity index (χ1v) is 18.8. The van der Waals surface area contributed by atoms with Crippen LogP contribution in [-0.2, 0) is 22.6 Å². The first-order valence-electron chi connectivity index (χ1n) is 18.8. The Morgan fingerprint density at radius 1 is 0.737 bits per heavy atom. The third kappa shape index (κ3) is 11.5. The van der Waals surface area contributed by atoms with Crippen molar-refractivity contribution in [3.63, 3.8) is 0 Å². The van der Waals surface area contributed by atoms with Crippen molar-refractivity contribution in [2.45, 2.75) is 38.9 Å². The second kappa shape index (κ2) is 20.9. The number of hydrogen-bond donors (Lipinski definition) is 4. The van der Waals surface area contributed by atoms with Crippen LogP contribution >= 0.6 is 24.8 Å². The number of anilines is 2. The van der Waals surface area contributed by atoms with E-state index in [0.29, 0.717) is 28.7 Å². The number of carbonyl (C=O) groups is 1. The number of piperidine rings is 1. The molecule has 0 radical (unpaired) electrons. The Balaban J connectivity index is 0.000000210. The lowest BCUT2D eigenvalue weighted by Gasteiger charge is -2.31. The molecular weight excluding hydrogens is 763 g/mol. The zero-order valence-electron chi connectivity index (χ0n) is 32.0. The van der Waals surface area contributed by atoms with Gasteiger partial charge in [-0.1, -0.05) is 36.4 Å². The molecule has 300 valence electrons. The fraction of sp³-hybridized carbons (Fsp3) is 0.341. The van der Waals surface area contributed by atoms with E-state index in [1.165, 1.54) is 23.8 Å². The van der Waals surface area contributed by atoms with Crippen LogP contribution in [0.25, 0.3) is 44.6 Å². The Labute approximate surface area is 345 Å². The van der Waals surface area contributed by atoms with E-state index in [1.54, 1.807) is 6.92 Å². The molecule has 2 fully saturated rings. The predicted octanol–water partition coefficient (Wildman–Crippen LogP) is 4.91. The first-order chi connectivity index (χ1) is 26.9. The molecule has 57 heavy (non-hydrogen) atoms. The van der Waals surface area contributed by atoms with Crippen molar-refractivity contribution in [2.75, 3.05) is 63.9 Å². The van der Waals surface area contributed by atoms with Crippen LogP contribution in [0.4, 0.5) is 11.6 Å². The summed E-state index contributed by atoms with van der Waals surface area (Å²) >= 11 is 0. The smallest absolute Gasteiger partial charge is 0.219 e. The predicted molar refractivity (Wildman–Crippen MR) is 230 cm³/mol. The highest BCUT2D eigenvalue weighted by molar-refractivity contribution is 5.87. The van der Waals surface area contributed by atoms with E-state index in [1.807, 2.05) is 41.3 Å². The van der Waals surface area contributed by atoms with Crippen molar-refractivity contribution in [2.24, 2.45) is 0 Å². The van der Waals surface area contributed by atoms with Gasteiger partial charge in [-0.15, -0.1) is 24.8 Å². The second-order valence-corrected chi connectivity index (χ2v) is 13.8. The number of benzene rings is 2. The number of halogens is 2. The maximum absolute atomic E-state index is 11.4. The molecule has 6 N–H and O–H groups in total. The zero-order chi connectivity index (χ0) is 38.0. The van der Waals surface area contributed by atoms with Crippen molar-refractivity contribution >= 4 is 64.4 Å². The highest BCUT2D eigenvalue weighted by atomic mass is 35.5. The summed E-state index contributed by atoms with van der Waals surface area (Å²) < 4.78 is 5.38. The van der Waals surface area contributed by atoms with Crippen molar-refractivity contribution in [3.8, 4) is 22.5 Å². The molecule has 2 aromatic carbocycles. The molecule has 16 heteroatoms. The van der Waals surface area contributed by atoms with Crippen molar-refractivity contribution < 1.29 is 9.53 Å². The van der Waals surface area contributed by atoms with Gasteiger partial charge in [0.1, 0.15) is 23.7 Å². The average Bonchev–Trinajstić information content (AvgIpc) is 3.23. The molecule has 6 aromatic rings. The Morgan fingerprint density at radius 3 is 1.82 bits per heavy atom. The molecule has 4 aromatic heterocycles. The largest absolute Gasteiger partial charge is 0.382 e. The van der Waals surface area contributed by atoms with E-state index in [0.717, 1.165) is 112 Å². The van der Waals surface area contributed by atoms with Gasteiger partial charge in [-0.05, 0) is 60.4 Å².